The number of carboxylic acids is 1. The van der Waals surface area contributed by atoms with E-state index in [0.717, 1.165) is 35.6 Å². The van der Waals surface area contributed by atoms with Crippen molar-refractivity contribution in [3.63, 3.8) is 0 Å². The van der Waals surface area contributed by atoms with E-state index in [-0.39, 0.29) is 17.8 Å². The fourth-order valence-electron chi connectivity index (χ4n) is 3.35. The van der Waals surface area contributed by atoms with Gasteiger partial charge in [-0.3, -0.25) is 15.1 Å². The number of carboxylic acid groups (broad SMARTS) is 1. The quantitative estimate of drug-likeness (QED) is 0.415. The molecule has 8 nitrogen and oxygen atoms in total. The van der Waals surface area contributed by atoms with Crippen molar-refractivity contribution in [2.75, 3.05) is 24.2 Å². The summed E-state index contributed by atoms with van der Waals surface area (Å²) < 4.78 is 6.50. The molecule has 3 rings (SSSR count). The highest BCUT2D eigenvalue weighted by molar-refractivity contribution is 8.01. The van der Waals surface area contributed by atoms with Crippen molar-refractivity contribution in [2.24, 2.45) is 0 Å². The highest BCUT2D eigenvalue weighted by Crippen LogP contribution is 2.29. The standard InChI is InChI=1S/C20H26N4O4S2/c25-17(26)14-29-18-12-22-19(30-18)23-20(27)24(16-7-2-1-3-8-16)10-11-28-13-15-6-4-5-9-21-15/h4-6,9,12,16H,1-3,7-8,10-11,13-14H2,(H,25,26)(H,22,23,27). The van der Waals surface area contributed by atoms with Crippen molar-refractivity contribution in [1.29, 1.82) is 0 Å². The van der Waals surface area contributed by atoms with Crippen LogP contribution in [0.2, 0.25) is 0 Å². The van der Waals surface area contributed by atoms with Crippen LogP contribution in [0, 0.1) is 0 Å². The summed E-state index contributed by atoms with van der Waals surface area (Å²) in [4.78, 5) is 34.0. The number of hydrogen-bond donors (Lipinski definition) is 2. The number of aromatic nitrogens is 2. The van der Waals surface area contributed by atoms with Crippen LogP contribution in [0.25, 0.3) is 0 Å². The largest absolute Gasteiger partial charge is 0.481 e. The van der Waals surface area contributed by atoms with Crippen LogP contribution in [-0.4, -0.2) is 56.9 Å². The van der Waals surface area contributed by atoms with Gasteiger partial charge in [0.25, 0.3) is 0 Å². The highest BCUT2D eigenvalue weighted by atomic mass is 32.2. The first kappa shape index (κ1) is 22.5. The third kappa shape index (κ3) is 7.26. The molecule has 1 fully saturated rings. The summed E-state index contributed by atoms with van der Waals surface area (Å²) in [5, 5.41) is 12.1. The lowest BCUT2D eigenvalue weighted by atomic mass is 9.94. The number of rotatable bonds is 10. The summed E-state index contributed by atoms with van der Waals surface area (Å²) >= 11 is 2.48. The van der Waals surface area contributed by atoms with Gasteiger partial charge in [0, 0.05) is 18.8 Å². The first-order chi connectivity index (χ1) is 14.6. The Balaban J connectivity index is 1.54. The molecule has 1 aliphatic rings. The average Bonchev–Trinajstić information content (AvgIpc) is 3.21. The minimum absolute atomic E-state index is 0.0304. The lowest BCUT2D eigenvalue weighted by Gasteiger charge is -2.34. The zero-order chi connectivity index (χ0) is 21.2. The molecule has 0 spiro atoms. The smallest absolute Gasteiger partial charge is 0.323 e. The zero-order valence-electron chi connectivity index (χ0n) is 16.7. The number of carbonyl (C=O) groups is 2. The van der Waals surface area contributed by atoms with E-state index < -0.39 is 5.97 Å². The number of thioether (sulfide) groups is 1. The van der Waals surface area contributed by atoms with Gasteiger partial charge in [-0.2, -0.15) is 0 Å². The molecular weight excluding hydrogens is 424 g/mol. The number of thiazole rings is 1. The Labute approximate surface area is 184 Å². The van der Waals surface area contributed by atoms with E-state index in [2.05, 4.69) is 15.3 Å². The fraction of sp³-hybridized carbons (Fsp3) is 0.500. The Morgan fingerprint density at radius 1 is 1.27 bits per heavy atom. The fourth-order valence-corrected chi connectivity index (χ4v) is 4.93. The molecule has 2 aromatic heterocycles. The molecule has 1 aliphatic carbocycles. The molecule has 0 aromatic carbocycles. The summed E-state index contributed by atoms with van der Waals surface area (Å²) in [6.07, 6.45) is 8.76. The Bertz CT molecular complexity index is 812. The predicted molar refractivity (Wildman–Crippen MR) is 117 cm³/mol. The number of ether oxygens (including phenoxy) is 1. The van der Waals surface area contributed by atoms with Crippen LogP contribution >= 0.6 is 23.1 Å². The normalized spacial score (nSPS) is 14.4. The highest BCUT2D eigenvalue weighted by Gasteiger charge is 2.26. The van der Waals surface area contributed by atoms with Gasteiger partial charge >= 0.3 is 12.0 Å². The van der Waals surface area contributed by atoms with Crippen molar-refractivity contribution in [2.45, 2.75) is 49.0 Å². The van der Waals surface area contributed by atoms with Gasteiger partial charge in [0.2, 0.25) is 0 Å². The summed E-state index contributed by atoms with van der Waals surface area (Å²) in [6.45, 7) is 1.34. The third-order valence-corrected chi connectivity index (χ3v) is 6.86. The minimum Gasteiger partial charge on any atom is -0.481 e. The first-order valence-electron chi connectivity index (χ1n) is 9.97. The maximum Gasteiger partial charge on any atom is 0.323 e. The second-order valence-corrected chi connectivity index (χ2v) is 9.26. The molecule has 162 valence electrons. The van der Waals surface area contributed by atoms with E-state index in [1.54, 1.807) is 12.4 Å². The van der Waals surface area contributed by atoms with Crippen molar-refractivity contribution in [1.82, 2.24) is 14.9 Å². The topological polar surface area (TPSA) is 105 Å². The number of aliphatic carboxylic acids is 1. The molecule has 2 aromatic rings. The van der Waals surface area contributed by atoms with E-state index in [0.29, 0.717) is 24.9 Å². The number of urea groups is 1. The molecular formula is C20H26N4O4S2. The molecule has 1 saturated carbocycles. The SMILES string of the molecule is O=C(O)CSc1cnc(NC(=O)N(CCOCc2ccccn2)C2CCCCC2)s1. The third-order valence-electron chi connectivity index (χ3n) is 4.77. The predicted octanol–water partition coefficient (Wildman–Crippen LogP) is 4.10. The van der Waals surface area contributed by atoms with E-state index in [4.69, 9.17) is 9.84 Å². The number of amides is 2. The summed E-state index contributed by atoms with van der Waals surface area (Å²) in [6, 6.07) is 5.70. The summed E-state index contributed by atoms with van der Waals surface area (Å²) in [5.41, 5.74) is 0.861. The van der Waals surface area contributed by atoms with Crippen molar-refractivity contribution >= 4 is 40.2 Å². The number of carbonyl (C=O) groups excluding carboxylic acids is 1. The van der Waals surface area contributed by atoms with Gasteiger partial charge in [0.1, 0.15) is 0 Å². The van der Waals surface area contributed by atoms with Crippen LogP contribution in [0.3, 0.4) is 0 Å². The Hall–Kier alpha value is -2.17. The molecule has 0 bridgehead atoms. The van der Waals surface area contributed by atoms with Gasteiger partial charge in [-0.25, -0.2) is 9.78 Å². The van der Waals surface area contributed by atoms with Crippen molar-refractivity contribution in [3.8, 4) is 0 Å². The van der Waals surface area contributed by atoms with Gasteiger partial charge in [-0.05, 0) is 25.0 Å². The van der Waals surface area contributed by atoms with Gasteiger partial charge in [-0.15, -0.1) is 11.8 Å². The Kier molecular flexibility index (Phi) is 8.91. The monoisotopic (exact) mass is 450 g/mol. The zero-order valence-corrected chi connectivity index (χ0v) is 18.3. The number of hydrogen-bond acceptors (Lipinski definition) is 7. The Morgan fingerprint density at radius 3 is 2.83 bits per heavy atom. The molecule has 30 heavy (non-hydrogen) atoms. The lowest BCUT2D eigenvalue weighted by molar-refractivity contribution is -0.133. The molecule has 0 saturated heterocycles. The van der Waals surface area contributed by atoms with Crippen molar-refractivity contribution < 1.29 is 19.4 Å². The molecule has 2 N–H and O–H groups in total. The maximum absolute atomic E-state index is 13.0. The van der Waals surface area contributed by atoms with Gasteiger partial charge < -0.3 is 14.7 Å². The van der Waals surface area contributed by atoms with E-state index >= 15 is 0 Å². The molecule has 2 amide bonds. The number of anilines is 1. The van der Waals surface area contributed by atoms with Crippen LogP contribution in [0.5, 0.6) is 0 Å². The molecule has 0 atom stereocenters. The average molecular weight is 451 g/mol. The van der Waals surface area contributed by atoms with Crippen LogP contribution in [0.4, 0.5) is 9.93 Å². The number of pyridine rings is 1. The minimum atomic E-state index is -0.881. The second-order valence-electron chi connectivity index (χ2n) is 6.96. The summed E-state index contributed by atoms with van der Waals surface area (Å²) in [5.74, 6) is -0.912. The number of nitrogens with zero attached hydrogens (tertiary/aromatic N) is 3. The first-order valence-corrected chi connectivity index (χ1v) is 11.8. The molecule has 0 radical (unpaired) electrons. The van der Waals surface area contributed by atoms with Crippen molar-refractivity contribution in [3.05, 3.63) is 36.3 Å². The van der Waals surface area contributed by atoms with Crippen LogP contribution in [0.1, 0.15) is 37.8 Å². The lowest BCUT2D eigenvalue weighted by Crippen LogP contribution is -2.45. The van der Waals surface area contributed by atoms with Gasteiger partial charge in [0.05, 0.1) is 35.1 Å². The van der Waals surface area contributed by atoms with Crippen LogP contribution in [0.15, 0.2) is 34.8 Å². The van der Waals surface area contributed by atoms with Crippen LogP contribution in [-0.2, 0) is 16.1 Å². The molecule has 2 heterocycles. The molecule has 0 unspecified atom stereocenters. The van der Waals surface area contributed by atoms with E-state index in [9.17, 15) is 9.59 Å². The number of nitrogens with one attached hydrogen (secondary N) is 1. The second kappa shape index (κ2) is 11.9. The van der Waals surface area contributed by atoms with Gasteiger partial charge in [-0.1, -0.05) is 36.7 Å². The molecule has 0 aliphatic heterocycles. The van der Waals surface area contributed by atoms with E-state index in [1.807, 2.05) is 23.1 Å². The van der Waals surface area contributed by atoms with Gasteiger partial charge in [0.15, 0.2) is 5.13 Å². The maximum atomic E-state index is 13.0. The van der Waals surface area contributed by atoms with E-state index in [1.165, 1.54) is 29.5 Å². The summed E-state index contributed by atoms with van der Waals surface area (Å²) in [7, 11) is 0. The Morgan fingerprint density at radius 2 is 2.10 bits per heavy atom. The molecule has 10 heteroatoms. The van der Waals surface area contributed by atoms with Crippen LogP contribution < -0.4 is 5.32 Å².